The van der Waals surface area contributed by atoms with Gasteiger partial charge in [0, 0.05) is 13.3 Å². The second-order valence-electron chi connectivity index (χ2n) is 10.6. The van der Waals surface area contributed by atoms with Crippen molar-refractivity contribution in [3.63, 3.8) is 0 Å². The molecule has 3 saturated carbocycles. The Balaban J connectivity index is 1.57. The molecule has 1 N–H and O–H groups in total. The molecule has 4 aliphatic carbocycles. The molecular formula is C24H36O4. The molecule has 4 nitrogen and oxygen atoms in total. The molecule has 0 aliphatic heterocycles. The lowest BCUT2D eigenvalue weighted by Gasteiger charge is -2.58. The van der Waals surface area contributed by atoms with Crippen LogP contribution >= 0.6 is 0 Å². The number of hydrogen-bond acceptors (Lipinski definition) is 3. The van der Waals surface area contributed by atoms with Crippen molar-refractivity contribution in [2.24, 2.45) is 40.4 Å². The SMILES string of the molecule is CC(=O)O[C@H]1CC[C@@]2(C)C(=CC[C@@H]3[C@H]4CC[C@@H]([C@@H](C)C(=O)O)[C@@]4(C)CC[C@H]32)C1. The van der Waals surface area contributed by atoms with Crippen molar-refractivity contribution < 1.29 is 19.4 Å². The third kappa shape index (κ3) is 2.93. The van der Waals surface area contributed by atoms with Crippen LogP contribution in [0.3, 0.4) is 0 Å². The number of hydrogen-bond donors (Lipinski definition) is 1. The van der Waals surface area contributed by atoms with Crippen molar-refractivity contribution in [1.29, 1.82) is 0 Å². The van der Waals surface area contributed by atoms with Crippen LogP contribution < -0.4 is 0 Å². The van der Waals surface area contributed by atoms with E-state index in [-0.39, 0.29) is 28.8 Å². The van der Waals surface area contributed by atoms with Gasteiger partial charge in [-0.05, 0) is 79.4 Å². The second-order valence-corrected chi connectivity index (χ2v) is 10.6. The zero-order valence-electron chi connectivity index (χ0n) is 17.9. The number of ether oxygens (including phenoxy) is 1. The van der Waals surface area contributed by atoms with E-state index in [2.05, 4.69) is 19.9 Å². The molecule has 0 bridgehead atoms. The molecule has 156 valence electrons. The average molecular weight is 389 g/mol. The van der Waals surface area contributed by atoms with Crippen molar-refractivity contribution in [3.8, 4) is 0 Å². The number of rotatable bonds is 3. The van der Waals surface area contributed by atoms with Crippen LogP contribution in [0.1, 0.15) is 79.1 Å². The fourth-order valence-electron chi connectivity index (χ4n) is 8.00. The number of carbonyl (C=O) groups is 2. The van der Waals surface area contributed by atoms with Gasteiger partial charge in [-0.2, -0.15) is 0 Å². The van der Waals surface area contributed by atoms with E-state index in [9.17, 15) is 14.7 Å². The number of esters is 1. The van der Waals surface area contributed by atoms with Gasteiger partial charge in [-0.25, -0.2) is 0 Å². The largest absolute Gasteiger partial charge is 0.481 e. The summed E-state index contributed by atoms with van der Waals surface area (Å²) in [6, 6.07) is 0. The smallest absolute Gasteiger partial charge is 0.306 e. The van der Waals surface area contributed by atoms with E-state index in [0.29, 0.717) is 23.7 Å². The fraction of sp³-hybridized carbons (Fsp3) is 0.833. The number of fused-ring (bicyclic) bond motifs is 5. The van der Waals surface area contributed by atoms with E-state index < -0.39 is 5.97 Å². The van der Waals surface area contributed by atoms with Crippen LogP contribution in [0.25, 0.3) is 0 Å². The number of allylic oxidation sites excluding steroid dienone is 1. The molecule has 4 heteroatoms. The minimum absolute atomic E-state index is 0.0505. The molecule has 0 spiro atoms. The van der Waals surface area contributed by atoms with E-state index in [1.807, 2.05) is 6.92 Å². The number of carboxylic acid groups (broad SMARTS) is 1. The van der Waals surface area contributed by atoms with Gasteiger partial charge in [-0.1, -0.05) is 32.4 Å². The highest BCUT2D eigenvalue weighted by Gasteiger charge is 2.59. The number of aliphatic carboxylic acids is 1. The minimum Gasteiger partial charge on any atom is -0.481 e. The minimum atomic E-state index is -0.629. The molecule has 3 fully saturated rings. The van der Waals surface area contributed by atoms with Gasteiger partial charge >= 0.3 is 11.9 Å². The predicted molar refractivity (Wildman–Crippen MR) is 108 cm³/mol. The predicted octanol–water partition coefficient (Wildman–Crippen LogP) is 5.22. The van der Waals surface area contributed by atoms with E-state index >= 15 is 0 Å². The molecule has 0 aromatic rings. The van der Waals surface area contributed by atoms with Gasteiger partial charge < -0.3 is 9.84 Å². The average Bonchev–Trinajstić information content (AvgIpc) is 2.98. The Morgan fingerprint density at radius 1 is 1.14 bits per heavy atom. The molecule has 0 heterocycles. The van der Waals surface area contributed by atoms with E-state index in [1.165, 1.54) is 25.3 Å². The molecule has 8 atom stereocenters. The Labute approximate surface area is 169 Å². The summed E-state index contributed by atoms with van der Waals surface area (Å²) < 4.78 is 5.53. The highest BCUT2D eigenvalue weighted by atomic mass is 16.5. The van der Waals surface area contributed by atoms with Crippen LogP contribution in [-0.4, -0.2) is 23.1 Å². The lowest BCUT2D eigenvalue weighted by atomic mass is 9.47. The van der Waals surface area contributed by atoms with Crippen molar-refractivity contribution >= 4 is 11.9 Å². The molecule has 0 amide bonds. The van der Waals surface area contributed by atoms with Crippen molar-refractivity contribution in [2.75, 3.05) is 0 Å². The zero-order valence-corrected chi connectivity index (χ0v) is 17.9. The normalized spacial score (nSPS) is 45.9. The van der Waals surface area contributed by atoms with Gasteiger partial charge in [0.15, 0.2) is 0 Å². The summed E-state index contributed by atoms with van der Waals surface area (Å²) >= 11 is 0. The van der Waals surface area contributed by atoms with E-state index in [4.69, 9.17) is 4.74 Å². The molecule has 0 aromatic heterocycles. The maximum Gasteiger partial charge on any atom is 0.306 e. The van der Waals surface area contributed by atoms with Crippen molar-refractivity contribution in [2.45, 2.75) is 85.2 Å². The molecule has 0 radical (unpaired) electrons. The topological polar surface area (TPSA) is 63.6 Å². The van der Waals surface area contributed by atoms with Gasteiger partial charge in [0.25, 0.3) is 0 Å². The maximum absolute atomic E-state index is 11.7. The van der Waals surface area contributed by atoms with Crippen LogP contribution in [0.4, 0.5) is 0 Å². The maximum atomic E-state index is 11.7. The highest BCUT2D eigenvalue weighted by Crippen LogP contribution is 2.67. The van der Waals surface area contributed by atoms with Crippen LogP contribution in [0.15, 0.2) is 11.6 Å². The molecule has 4 aliphatic rings. The van der Waals surface area contributed by atoms with Gasteiger partial charge in [0.2, 0.25) is 0 Å². The van der Waals surface area contributed by atoms with Crippen LogP contribution in [0.2, 0.25) is 0 Å². The Bertz CT molecular complexity index is 697. The zero-order chi connectivity index (χ0) is 20.3. The Morgan fingerprint density at radius 2 is 1.89 bits per heavy atom. The van der Waals surface area contributed by atoms with Crippen LogP contribution in [0.5, 0.6) is 0 Å². The fourth-order valence-corrected chi connectivity index (χ4v) is 8.00. The first-order valence-electron chi connectivity index (χ1n) is 11.3. The summed E-state index contributed by atoms with van der Waals surface area (Å²) in [4.78, 5) is 23.1. The number of carboxylic acids is 1. The molecule has 0 unspecified atom stereocenters. The van der Waals surface area contributed by atoms with Crippen LogP contribution in [0, 0.1) is 40.4 Å². The molecule has 0 saturated heterocycles. The summed E-state index contributed by atoms with van der Waals surface area (Å²) in [5.74, 6) is 1.31. The van der Waals surface area contributed by atoms with Gasteiger partial charge in [0.05, 0.1) is 5.92 Å². The first kappa shape index (κ1) is 20.0. The van der Waals surface area contributed by atoms with E-state index in [0.717, 1.165) is 38.5 Å². The summed E-state index contributed by atoms with van der Waals surface area (Å²) in [5, 5.41) is 9.62. The standard InChI is InChI=1S/C24H36O4/c1-14(22(26)27)19-7-8-20-18-6-5-16-13-17(28-15(2)25)9-11-23(16,3)21(18)10-12-24(19,20)4/h5,14,17-21H,6-13H2,1-4H3,(H,26,27)/t14-,17+,18-,19+,20-,21-,23+,24-/m1/s1. The molecule has 0 aromatic carbocycles. The third-order valence-electron chi connectivity index (χ3n) is 9.46. The number of carbonyl (C=O) groups excluding carboxylic acids is 1. The summed E-state index contributed by atoms with van der Waals surface area (Å²) in [6.07, 6.45) is 11.3. The first-order chi connectivity index (χ1) is 13.2. The summed E-state index contributed by atoms with van der Waals surface area (Å²) in [5.41, 5.74) is 1.93. The Kier molecular flexibility index (Phi) is 4.91. The van der Waals surface area contributed by atoms with E-state index in [1.54, 1.807) is 0 Å². The van der Waals surface area contributed by atoms with Gasteiger partial charge in [-0.15, -0.1) is 0 Å². The van der Waals surface area contributed by atoms with Gasteiger partial charge in [0.1, 0.15) is 6.10 Å². The van der Waals surface area contributed by atoms with Crippen LogP contribution in [-0.2, 0) is 14.3 Å². The quantitative estimate of drug-likeness (QED) is 0.532. The van der Waals surface area contributed by atoms with Gasteiger partial charge in [-0.3, -0.25) is 9.59 Å². The molecule has 4 rings (SSSR count). The first-order valence-corrected chi connectivity index (χ1v) is 11.3. The monoisotopic (exact) mass is 388 g/mol. The Hall–Kier alpha value is -1.32. The third-order valence-corrected chi connectivity index (χ3v) is 9.46. The Morgan fingerprint density at radius 3 is 2.57 bits per heavy atom. The highest BCUT2D eigenvalue weighted by molar-refractivity contribution is 5.70. The summed E-state index contributed by atoms with van der Waals surface area (Å²) in [7, 11) is 0. The van der Waals surface area contributed by atoms with Crippen molar-refractivity contribution in [1.82, 2.24) is 0 Å². The second kappa shape index (κ2) is 6.88. The summed E-state index contributed by atoms with van der Waals surface area (Å²) in [6.45, 7) is 8.28. The lowest BCUT2D eigenvalue weighted by molar-refractivity contribution is -0.148. The lowest BCUT2D eigenvalue weighted by Crippen LogP contribution is -2.51. The molecular weight excluding hydrogens is 352 g/mol. The van der Waals surface area contributed by atoms with Crippen molar-refractivity contribution in [3.05, 3.63) is 11.6 Å². The molecule has 28 heavy (non-hydrogen) atoms.